The summed E-state index contributed by atoms with van der Waals surface area (Å²) >= 11 is 0. The molecule has 0 aliphatic heterocycles. The zero-order valence-electron chi connectivity index (χ0n) is 23.1. The predicted molar refractivity (Wildman–Crippen MR) is 154 cm³/mol. The van der Waals surface area contributed by atoms with Crippen LogP contribution in [-0.4, -0.2) is 53.2 Å². The summed E-state index contributed by atoms with van der Waals surface area (Å²) < 4.78 is 5.49. The molecule has 0 unspecified atom stereocenters. The van der Waals surface area contributed by atoms with Crippen LogP contribution >= 0.6 is 0 Å². The first kappa shape index (κ1) is 28.7. The number of anilines is 1. The van der Waals surface area contributed by atoms with Crippen LogP contribution in [0.25, 0.3) is 0 Å². The molecule has 0 saturated heterocycles. The van der Waals surface area contributed by atoms with Crippen molar-refractivity contribution in [2.24, 2.45) is 5.73 Å². The molecule has 8 nitrogen and oxygen atoms in total. The highest BCUT2D eigenvalue weighted by atomic mass is 16.6. The second-order valence-corrected chi connectivity index (χ2v) is 10.8. The van der Waals surface area contributed by atoms with E-state index in [2.05, 4.69) is 5.32 Å². The highest BCUT2D eigenvalue weighted by Crippen LogP contribution is 2.32. The van der Waals surface area contributed by atoms with Gasteiger partial charge in [0.15, 0.2) is 11.6 Å². The highest BCUT2D eigenvalue weighted by molar-refractivity contribution is 6.30. The van der Waals surface area contributed by atoms with Gasteiger partial charge >= 0.3 is 6.09 Å². The Labute approximate surface area is 234 Å². The smallest absolute Gasteiger partial charge is 0.417 e. The number of ketones is 2. The number of benzene rings is 3. The Morgan fingerprint density at radius 3 is 2.15 bits per heavy atom. The molecule has 3 aromatic rings. The number of imide groups is 1. The molecule has 0 heterocycles. The molecule has 2 amide bonds. The summed E-state index contributed by atoms with van der Waals surface area (Å²) in [7, 11) is 0. The van der Waals surface area contributed by atoms with Crippen molar-refractivity contribution in [1.29, 1.82) is 0 Å². The average molecular weight is 542 g/mol. The van der Waals surface area contributed by atoms with E-state index < -0.39 is 23.6 Å². The van der Waals surface area contributed by atoms with Gasteiger partial charge in [-0.15, -0.1) is 0 Å². The number of rotatable bonds is 9. The van der Waals surface area contributed by atoms with Gasteiger partial charge in [-0.25, -0.2) is 9.69 Å². The Morgan fingerprint density at radius 1 is 0.850 bits per heavy atom. The summed E-state index contributed by atoms with van der Waals surface area (Å²) in [6, 6.07) is 20.5. The fourth-order valence-corrected chi connectivity index (χ4v) is 4.67. The van der Waals surface area contributed by atoms with Crippen LogP contribution in [0.4, 0.5) is 10.5 Å². The fourth-order valence-electron chi connectivity index (χ4n) is 4.67. The van der Waals surface area contributed by atoms with E-state index in [1.165, 1.54) is 0 Å². The molecule has 3 aromatic carbocycles. The quantitative estimate of drug-likeness (QED) is 0.287. The van der Waals surface area contributed by atoms with Gasteiger partial charge in [-0.2, -0.15) is 0 Å². The minimum atomic E-state index is -0.893. The van der Waals surface area contributed by atoms with Crippen molar-refractivity contribution in [3.05, 3.63) is 101 Å². The summed E-state index contributed by atoms with van der Waals surface area (Å²) in [5.41, 5.74) is 8.47. The first-order valence-electron chi connectivity index (χ1n) is 13.5. The first-order valence-corrected chi connectivity index (χ1v) is 13.5. The van der Waals surface area contributed by atoms with Crippen LogP contribution in [0, 0.1) is 0 Å². The normalized spacial score (nSPS) is 13.2. The van der Waals surface area contributed by atoms with Crippen molar-refractivity contribution in [1.82, 2.24) is 4.90 Å². The third kappa shape index (κ3) is 6.63. The number of nitrogens with one attached hydrogen (secondary N) is 1. The molecular formula is C32H35N3O5. The number of unbranched alkanes of at least 4 members (excludes halogenated alkanes) is 1. The van der Waals surface area contributed by atoms with E-state index in [-0.39, 0.29) is 18.1 Å². The van der Waals surface area contributed by atoms with E-state index in [1.807, 2.05) is 30.3 Å². The third-order valence-electron chi connectivity index (χ3n) is 6.57. The maximum absolute atomic E-state index is 13.2. The average Bonchev–Trinajstić information content (AvgIpc) is 2.92. The Kier molecular flexibility index (Phi) is 8.80. The van der Waals surface area contributed by atoms with E-state index in [0.717, 1.165) is 10.5 Å². The van der Waals surface area contributed by atoms with Crippen molar-refractivity contribution < 1.29 is 23.9 Å². The number of nitrogens with zero attached hydrogens (tertiary/aromatic N) is 1. The summed E-state index contributed by atoms with van der Waals surface area (Å²) in [6.45, 7) is 5.83. The molecule has 0 bridgehead atoms. The molecule has 1 atom stereocenters. The summed E-state index contributed by atoms with van der Waals surface area (Å²) in [4.78, 5) is 53.4. The largest absolute Gasteiger partial charge is 0.443 e. The summed E-state index contributed by atoms with van der Waals surface area (Å²) in [5, 5.41) is 3.26. The Bertz CT molecular complexity index is 1410. The van der Waals surface area contributed by atoms with Crippen LogP contribution in [0.2, 0.25) is 0 Å². The topological polar surface area (TPSA) is 119 Å². The maximum atomic E-state index is 13.2. The lowest BCUT2D eigenvalue weighted by molar-refractivity contribution is -0.131. The number of hydrogen-bond acceptors (Lipinski definition) is 7. The maximum Gasteiger partial charge on any atom is 0.417 e. The molecule has 4 rings (SSSR count). The van der Waals surface area contributed by atoms with Gasteiger partial charge in [0.1, 0.15) is 5.60 Å². The monoisotopic (exact) mass is 541 g/mol. The Balaban J connectivity index is 1.39. The SMILES string of the molecule is CC(C)(C)OC(=O)N(CCCCNc1cccc2c1C(=O)c1ccccc1C2=O)C(=O)[C@H](N)Cc1ccccc1. The molecule has 1 aliphatic rings. The van der Waals surface area contributed by atoms with Crippen molar-refractivity contribution in [2.75, 3.05) is 18.4 Å². The van der Waals surface area contributed by atoms with Crippen molar-refractivity contribution in [3.8, 4) is 0 Å². The van der Waals surface area contributed by atoms with Gasteiger partial charge in [0, 0.05) is 35.5 Å². The molecule has 1 aliphatic carbocycles. The number of hydrogen-bond donors (Lipinski definition) is 2. The molecule has 40 heavy (non-hydrogen) atoms. The van der Waals surface area contributed by atoms with E-state index >= 15 is 0 Å². The number of nitrogens with two attached hydrogens (primary N) is 1. The van der Waals surface area contributed by atoms with Gasteiger partial charge in [0.2, 0.25) is 5.91 Å². The van der Waals surface area contributed by atoms with Gasteiger partial charge in [0.25, 0.3) is 0 Å². The Morgan fingerprint density at radius 2 is 1.48 bits per heavy atom. The molecule has 0 fully saturated rings. The lowest BCUT2D eigenvalue weighted by Gasteiger charge is -2.28. The molecular weight excluding hydrogens is 506 g/mol. The van der Waals surface area contributed by atoms with E-state index in [1.54, 1.807) is 63.2 Å². The molecule has 0 saturated carbocycles. The van der Waals surface area contributed by atoms with Gasteiger partial charge in [-0.3, -0.25) is 14.4 Å². The minimum Gasteiger partial charge on any atom is -0.443 e. The number of ether oxygens (including phenoxy) is 1. The van der Waals surface area contributed by atoms with Crippen molar-refractivity contribution in [2.45, 2.75) is 51.7 Å². The number of carbonyl (C=O) groups is 4. The molecule has 0 radical (unpaired) electrons. The number of fused-ring (bicyclic) bond motifs is 2. The van der Waals surface area contributed by atoms with Crippen LogP contribution in [-0.2, 0) is 16.0 Å². The molecule has 8 heteroatoms. The summed E-state index contributed by atoms with van der Waals surface area (Å²) in [6.07, 6.45) is 0.646. The first-order chi connectivity index (χ1) is 19.1. The van der Waals surface area contributed by atoms with E-state index in [0.29, 0.717) is 53.7 Å². The minimum absolute atomic E-state index is 0.135. The van der Waals surface area contributed by atoms with Crippen LogP contribution in [0.3, 0.4) is 0 Å². The van der Waals surface area contributed by atoms with Gasteiger partial charge < -0.3 is 15.8 Å². The predicted octanol–water partition coefficient (Wildman–Crippen LogP) is 4.99. The van der Waals surface area contributed by atoms with Gasteiger partial charge in [-0.1, -0.05) is 66.7 Å². The van der Waals surface area contributed by atoms with Crippen LogP contribution in [0.1, 0.15) is 71.0 Å². The second kappa shape index (κ2) is 12.3. The number of amides is 2. The standard InChI is InChI=1S/C32H35N3O5/c1-32(2,3)40-31(39)35(30(38)25(33)20-21-12-5-4-6-13-21)19-10-9-18-34-26-17-11-16-24-27(26)29(37)23-15-8-7-14-22(23)28(24)36/h4-8,11-17,25,34H,9-10,18-20,33H2,1-3H3/t25-/m1/s1. The van der Waals surface area contributed by atoms with Crippen molar-refractivity contribution >= 4 is 29.3 Å². The molecule has 0 spiro atoms. The van der Waals surface area contributed by atoms with E-state index in [9.17, 15) is 19.2 Å². The zero-order chi connectivity index (χ0) is 28.9. The third-order valence-corrected chi connectivity index (χ3v) is 6.57. The van der Waals surface area contributed by atoms with Crippen molar-refractivity contribution in [3.63, 3.8) is 0 Å². The Hall–Kier alpha value is -4.30. The number of carbonyl (C=O) groups excluding carboxylic acids is 4. The molecule has 0 aromatic heterocycles. The van der Waals surface area contributed by atoms with Crippen LogP contribution in [0.5, 0.6) is 0 Å². The van der Waals surface area contributed by atoms with Crippen LogP contribution < -0.4 is 11.1 Å². The molecule has 208 valence electrons. The fraction of sp³-hybridized carbons (Fsp3) is 0.312. The van der Waals surface area contributed by atoms with Crippen LogP contribution in [0.15, 0.2) is 72.8 Å². The van der Waals surface area contributed by atoms with Gasteiger partial charge in [-0.05, 0) is 51.7 Å². The molecule has 3 N–H and O–H groups in total. The zero-order valence-corrected chi connectivity index (χ0v) is 23.1. The summed E-state index contributed by atoms with van der Waals surface area (Å²) in [5.74, 6) is -0.861. The van der Waals surface area contributed by atoms with Gasteiger partial charge in [0.05, 0.1) is 11.6 Å². The lowest BCUT2D eigenvalue weighted by Crippen LogP contribution is -2.49. The lowest BCUT2D eigenvalue weighted by atomic mass is 9.83. The highest BCUT2D eigenvalue weighted by Gasteiger charge is 2.32. The van der Waals surface area contributed by atoms with E-state index in [4.69, 9.17) is 10.5 Å². The second-order valence-electron chi connectivity index (χ2n) is 10.8.